The normalized spacial score (nSPS) is 10.7. The first-order chi connectivity index (χ1) is 8.33. The van der Waals surface area contributed by atoms with Gasteiger partial charge < -0.3 is 5.32 Å². The Morgan fingerprint density at radius 2 is 2.06 bits per heavy atom. The van der Waals surface area contributed by atoms with Crippen molar-refractivity contribution in [2.24, 2.45) is 0 Å². The molecule has 1 aromatic carbocycles. The number of hydrogen-bond acceptors (Lipinski definition) is 4. The van der Waals surface area contributed by atoms with Crippen LogP contribution in [0.2, 0.25) is 0 Å². The third-order valence-electron chi connectivity index (χ3n) is 2.52. The lowest BCUT2D eigenvalue weighted by molar-refractivity contribution is 0.787. The number of rotatable bonds is 5. The summed E-state index contributed by atoms with van der Waals surface area (Å²) in [6.45, 7) is 0.984. The molecule has 0 amide bonds. The molecule has 0 aliphatic rings. The Morgan fingerprint density at radius 3 is 2.71 bits per heavy atom. The van der Waals surface area contributed by atoms with E-state index in [0.717, 1.165) is 13.0 Å². The molecule has 0 aliphatic heterocycles. The van der Waals surface area contributed by atoms with Gasteiger partial charge in [0.05, 0.1) is 9.88 Å². The molecule has 2 nitrogen and oxygen atoms in total. The highest BCUT2D eigenvalue weighted by atomic mass is 32.2. The molecule has 1 aromatic heterocycles. The summed E-state index contributed by atoms with van der Waals surface area (Å²) in [5, 5.41) is 4.34. The minimum atomic E-state index is 0.984. The smallest absolute Gasteiger partial charge is 0.0943 e. The number of nitrogens with zero attached hydrogens (tertiary/aromatic N) is 1. The molecule has 0 radical (unpaired) electrons. The van der Waals surface area contributed by atoms with Crippen LogP contribution < -0.4 is 5.32 Å². The molecule has 0 aliphatic carbocycles. The fourth-order valence-corrected chi connectivity index (χ4v) is 2.88. The lowest BCUT2D eigenvalue weighted by Crippen LogP contribution is -2.09. The van der Waals surface area contributed by atoms with Gasteiger partial charge in [0.15, 0.2) is 0 Å². The van der Waals surface area contributed by atoms with Crippen LogP contribution >= 0.6 is 23.1 Å². The van der Waals surface area contributed by atoms with Crippen molar-refractivity contribution in [2.45, 2.75) is 11.3 Å². The summed E-state index contributed by atoms with van der Waals surface area (Å²) in [7, 11) is 1.97. The van der Waals surface area contributed by atoms with Gasteiger partial charge in [-0.15, -0.1) is 23.1 Å². The summed E-state index contributed by atoms with van der Waals surface area (Å²) in [6, 6.07) is 8.66. The fourth-order valence-electron chi connectivity index (χ4n) is 1.55. The van der Waals surface area contributed by atoms with E-state index in [-0.39, 0.29) is 0 Å². The number of thioether (sulfide) groups is 1. The first kappa shape index (κ1) is 12.6. The van der Waals surface area contributed by atoms with Crippen molar-refractivity contribution in [3.8, 4) is 10.4 Å². The second-order valence-corrected chi connectivity index (χ2v) is 5.70. The van der Waals surface area contributed by atoms with Gasteiger partial charge in [0.2, 0.25) is 0 Å². The Labute approximate surface area is 110 Å². The Hall–Kier alpha value is -0.840. The summed E-state index contributed by atoms with van der Waals surface area (Å²) in [6.07, 6.45) is 5.07. The summed E-state index contributed by atoms with van der Waals surface area (Å²) >= 11 is 3.55. The van der Waals surface area contributed by atoms with Crippen molar-refractivity contribution in [3.63, 3.8) is 0 Å². The maximum atomic E-state index is 4.45. The van der Waals surface area contributed by atoms with Crippen LogP contribution in [0.4, 0.5) is 0 Å². The number of benzene rings is 1. The lowest BCUT2D eigenvalue weighted by Gasteiger charge is -1.98. The highest BCUT2D eigenvalue weighted by Crippen LogP contribution is 2.27. The molecule has 4 heteroatoms. The van der Waals surface area contributed by atoms with Crippen molar-refractivity contribution in [2.75, 3.05) is 19.8 Å². The van der Waals surface area contributed by atoms with Crippen LogP contribution in [0.5, 0.6) is 0 Å². The van der Waals surface area contributed by atoms with Crippen molar-refractivity contribution >= 4 is 23.1 Å². The van der Waals surface area contributed by atoms with E-state index in [2.05, 4.69) is 40.8 Å². The Balaban J connectivity index is 2.12. The van der Waals surface area contributed by atoms with Crippen molar-refractivity contribution in [3.05, 3.63) is 35.5 Å². The van der Waals surface area contributed by atoms with Crippen LogP contribution in [0.25, 0.3) is 10.4 Å². The fraction of sp³-hybridized carbons (Fsp3) is 0.308. The highest BCUT2D eigenvalue weighted by molar-refractivity contribution is 7.98. The predicted molar refractivity (Wildman–Crippen MR) is 77.0 cm³/mol. The van der Waals surface area contributed by atoms with E-state index < -0.39 is 0 Å². The molecule has 0 saturated heterocycles. The monoisotopic (exact) mass is 264 g/mol. The average molecular weight is 264 g/mol. The molecule has 1 N–H and O–H groups in total. The molecule has 2 rings (SSSR count). The number of nitrogens with one attached hydrogen (secondary N) is 1. The van der Waals surface area contributed by atoms with Gasteiger partial charge in [0.25, 0.3) is 0 Å². The van der Waals surface area contributed by atoms with E-state index in [1.807, 2.05) is 13.2 Å². The summed E-state index contributed by atoms with van der Waals surface area (Å²) in [4.78, 5) is 7.00. The maximum Gasteiger partial charge on any atom is 0.0943 e. The zero-order valence-corrected chi connectivity index (χ0v) is 11.7. The van der Waals surface area contributed by atoms with Crippen LogP contribution in [0, 0.1) is 0 Å². The molecule has 0 unspecified atom stereocenters. The molecule has 0 spiro atoms. The first-order valence-corrected chi connectivity index (χ1v) is 7.61. The van der Waals surface area contributed by atoms with E-state index in [1.54, 1.807) is 23.1 Å². The van der Waals surface area contributed by atoms with Gasteiger partial charge in [-0.05, 0) is 31.0 Å². The molecule has 0 atom stereocenters. The van der Waals surface area contributed by atoms with Crippen molar-refractivity contribution in [1.29, 1.82) is 0 Å². The van der Waals surface area contributed by atoms with Crippen molar-refractivity contribution < 1.29 is 0 Å². The SMILES string of the molecule is CNCCc1ncc(-c2ccc(SC)cc2)s1. The topological polar surface area (TPSA) is 24.9 Å². The Bertz CT molecular complexity index is 463. The first-order valence-electron chi connectivity index (χ1n) is 5.57. The predicted octanol–water partition coefficient (Wildman–Crippen LogP) is 3.29. The second kappa shape index (κ2) is 6.19. The maximum absolute atomic E-state index is 4.45. The van der Waals surface area contributed by atoms with Crippen LogP contribution in [0.15, 0.2) is 35.4 Å². The van der Waals surface area contributed by atoms with E-state index in [1.165, 1.54) is 20.3 Å². The zero-order chi connectivity index (χ0) is 12.1. The summed E-state index contributed by atoms with van der Waals surface area (Å²) in [5.74, 6) is 0. The lowest BCUT2D eigenvalue weighted by atomic mass is 10.2. The third kappa shape index (κ3) is 3.31. The van der Waals surface area contributed by atoms with Crippen LogP contribution in [-0.4, -0.2) is 24.8 Å². The zero-order valence-electron chi connectivity index (χ0n) is 10.1. The van der Waals surface area contributed by atoms with Crippen LogP contribution in [0.3, 0.4) is 0 Å². The number of aromatic nitrogens is 1. The van der Waals surface area contributed by atoms with Gasteiger partial charge >= 0.3 is 0 Å². The Morgan fingerprint density at radius 1 is 1.29 bits per heavy atom. The van der Waals surface area contributed by atoms with Gasteiger partial charge in [-0.3, -0.25) is 0 Å². The molecular weight excluding hydrogens is 248 g/mol. The van der Waals surface area contributed by atoms with E-state index >= 15 is 0 Å². The average Bonchev–Trinajstić information content (AvgIpc) is 2.85. The highest BCUT2D eigenvalue weighted by Gasteiger charge is 2.04. The standard InChI is InChI=1S/C13H16N2S2/c1-14-8-7-13-15-9-12(17-13)10-3-5-11(16-2)6-4-10/h3-6,9,14H,7-8H2,1-2H3. The quantitative estimate of drug-likeness (QED) is 0.839. The molecule has 0 bridgehead atoms. The van der Waals surface area contributed by atoms with E-state index in [9.17, 15) is 0 Å². The number of likely N-dealkylation sites (N-methyl/N-ethyl adjacent to an activating group) is 1. The van der Waals surface area contributed by atoms with Gasteiger partial charge in [-0.1, -0.05) is 12.1 Å². The van der Waals surface area contributed by atoms with Crippen LogP contribution in [-0.2, 0) is 6.42 Å². The van der Waals surface area contributed by atoms with Gasteiger partial charge in [0, 0.05) is 24.1 Å². The number of hydrogen-bond donors (Lipinski definition) is 1. The molecule has 17 heavy (non-hydrogen) atoms. The molecule has 0 saturated carbocycles. The van der Waals surface area contributed by atoms with E-state index in [4.69, 9.17) is 0 Å². The van der Waals surface area contributed by atoms with Crippen LogP contribution in [0.1, 0.15) is 5.01 Å². The largest absolute Gasteiger partial charge is 0.319 e. The third-order valence-corrected chi connectivity index (χ3v) is 4.37. The second-order valence-electron chi connectivity index (χ2n) is 3.70. The molecule has 90 valence electrons. The van der Waals surface area contributed by atoms with Crippen molar-refractivity contribution in [1.82, 2.24) is 10.3 Å². The van der Waals surface area contributed by atoms with E-state index in [0.29, 0.717) is 0 Å². The minimum absolute atomic E-state index is 0.984. The van der Waals surface area contributed by atoms with Gasteiger partial charge in [-0.25, -0.2) is 4.98 Å². The molecule has 2 aromatic rings. The van der Waals surface area contributed by atoms with Gasteiger partial charge in [-0.2, -0.15) is 0 Å². The number of thiazole rings is 1. The summed E-state index contributed by atoms with van der Waals surface area (Å²) in [5.41, 5.74) is 1.26. The Kier molecular flexibility index (Phi) is 4.59. The summed E-state index contributed by atoms with van der Waals surface area (Å²) < 4.78 is 0. The minimum Gasteiger partial charge on any atom is -0.319 e. The van der Waals surface area contributed by atoms with Gasteiger partial charge in [0.1, 0.15) is 0 Å². The molecular formula is C13H16N2S2. The molecule has 0 fully saturated rings. The molecule has 1 heterocycles.